The van der Waals surface area contributed by atoms with Crippen molar-refractivity contribution in [1.82, 2.24) is 15.0 Å². The molecule has 2 fully saturated rings. The number of esters is 1. The van der Waals surface area contributed by atoms with E-state index in [4.69, 9.17) is 9.47 Å². The number of carbonyl (C=O) groups is 1. The van der Waals surface area contributed by atoms with Crippen molar-refractivity contribution in [2.75, 3.05) is 31.2 Å². The molecule has 0 unspecified atom stereocenters. The Hall–Kier alpha value is -2.91. The highest BCUT2D eigenvalue weighted by Crippen LogP contribution is 2.39. The molecule has 2 aromatic rings. The number of carbonyl (C=O) groups excluding carboxylic acids is 1. The molecule has 31 heavy (non-hydrogen) atoms. The van der Waals surface area contributed by atoms with Gasteiger partial charge in [0.25, 0.3) is 0 Å². The van der Waals surface area contributed by atoms with Crippen LogP contribution >= 0.6 is 0 Å². The van der Waals surface area contributed by atoms with E-state index in [0.29, 0.717) is 37.1 Å². The first-order valence-corrected chi connectivity index (χ1v) is 10.3. The smallest absolute Gasteiger partial charge is 0.433 e. The monoisotopic (exact) mass is 436 g/mol. The Balaban J connectivity index is 1.39. The van der Waals surface area contributed by atoms with Crippen LogP contribution in [0.2, 0.25) is 0 Å². The molecule has 2 aliphatic rings. The molecule has 7 nitrogen and oxygen atoms in total. The number of anilines is 1. The van der Waals surface area contributed by atoms with Crippen LogP contribution in [0.4, 0.5) is 18.9 Å². The molecule has 0 amide bonds. The second-order valence-electron chi connectivity index (χ2n) is 7.75. The molecule has 4 rings (SSSR count). The summed E-state index contributed by atoms with van der Waals surface area (Å²) in [6.45, 7) is 3.59. The fraction of sp³-hybridized carbons (Fsp3) is 0.524. The topological polar surface area (TPSA) is 77.4 Å². The van der Waals surface area contributed by atoms with Gasteiger partial charge in [0.15, 0.2) is 0 Å². The highest BCUT2D eigenvalue weighted by atomic mass is 19.4. The van der Waals surface area contributed by atoms with Gasteiger partial charge in [0.2, 0.25) is 5.88 Å². The molecule has 1 saturated heterocycles. The highest BCUT2D eigenvalue weighted by Gasteiger charge is 2.33. The second kappa shape index (κ2) is 8.68. The normalized spacial score (nSPS) is 18.8. The van der Waals surface area contributed by atoms with Gasteiger partial charge in [0, 0.05) is 31.1 Å². The van der Waals surface area contributed by atoms with Gasteiger partial charge in [0.05, 0.1) is 25.1 Å². The Kier molecular flexibility index (Phi) is 5.97. The lowest BCUT2D eigenvalue weighted by Gasteiger charge is -2.19. The van der Waals surface area contributed by atoms with E-state index in [1.807, 2.05) is 4.90 Å². The van der Waals surface area contributed by atoms with Crippen molar-refractivity contribution in [1.29, 1.82) is 0 Å². The summed E-state index contributed by atoms with van der Waals surface area (Å²) in [5, 5.41) is 0. The first-order chi connectivity index (χ1) is 14.8. The molecule has 166 valence electrons. The lowest BCUT2D eigenvalue weighted by Crippen LogP contribution is -2.23. The van der Waals surface area contributed by atoms with Crippen LogP contribution in [0.1, 0.15) is 54.0 Å². The van der Waals surface area contributed by atoms with Crippen molar-refractivity contribution < 1.29 is 27.4 Å². The molecular weight excluding hydrogens is 413 g/mol. The maximum Gasteiger partial charge on any atom is 0.433 e. The Morgan fingerprint density at radius 3 is 2.65 bits per heavy atom. The third-order valence-corrected chi connectivity index (χ3v) is 5.36. The number of ether oxygens (including phenoxy) is 2. The van der Waals surface area contributed by atoms with Crippen LogP contribution in [0.3, 0.4) is 0 Å². The van der Waals surface area contributed by atoms with Gasteiger partial charge in [-0.2, -0.15) is 18.2 Å². The van der Waals surface area contributed by atoms with E-state index < -0.39 is 17.8 Å². The summed E-state index contributed by atoms with van der Waals surface area (Å²) < 4.78 is 49.1. The number of pyridine rings is 1. The van der Waals surface area contributed by atoms with Gasteiger partial charge < -0.3 is 14.4 Å². The van der Waals surface area contributed by atoms with Crippen LogP contribution in [0.5, 0.6) is 5.88 Å². The van der Waals surface area contributed by atoms with Gasteiger partial charge in [-0.1, -0.05) is 0 Å². The van der Waals surface area contributed by atoms with Crippen molar-refractivity contribution in [3.05, 3.63) is 41.6 Å². The first-order valence-electron chi connectivity index (χ1n) is 10.3. The molecule has 3 heterocycles. The zero-order valence-corrected chi connectivity index (χ0v) is 17.1. The molecular formula is C21H23F3N4O3. The lowest BCUT2D eigenvalue weighted by atomic mass is 10.1. The van der Waals surface area contributed by atoms with Crippen LogP contribution in [-0.4, -0.2) is 47.2 Å². The van der Waals surface area contributed by atoms with Gasteiger partial charge in [-0.25, -0.2) is 14.8 Å². The summed E-state index contributed by atoms with van der Waals surface area (Å²) >= 11 is 0. The van der Waals surface area contributed by atoms with E-state index in [2.05, 4.69) is 15.0 Å². The zero-order valence-electron chi connectivity index (χ0n) is 17.1. The first kappa shape index (κ1) is 21.3. The van der Waals surface area contributed by atoms with Crippen LogP contribution < -0.4 is 9.64 Å². The number of halogens is 3. The molecule has 0 radical (unpaired) electrons. The second-order valence-corrected chi connectivity index (χ2v) is 7.75. The Bertz CT molecular complexity index is 932. The zero-order chi connectivity index (χ0) is 22.0. The number of hydrogen-bond acceptors (Lipinski definition) is 7. The van der Waals surface area contributed by atoms with Gasteiger partial charge in [-0.15, -0.1) is 0 Å². The number of hydrogen-bond donors (Lipinski definition) is 0. The Morgan fingerprint density at radius 2 is 2.00 bits per heavy atom. The Labute approximate surface area is 177 Å². The van der Waals surface area contributed by atoms with Gasteiger partial charge in [-0.3, -0.25) is 0 Å². The lowest BCUT2D eigenvalue weighted by molar-refractivity contribution is -0.141. The van der Waals surface area contributed by atoms with Gasteiger partial charge >= 0.3 is 12.1 Å². The minimum absolute atomic E-state index is 0.136. The summed E-state index contributed by atoms with van der Waals surface area (Å²) in [4.78, 5) is 26.4. The largest absolute Gasteiger partial charge is 0.477 e. The van der Waals surface area contributed by atoms with Gasteiger partial charge in [-0.05, 0) is 38.3 Å². The fourth-order valence-corrected chi connectivity index (χ4v) is 3.52. The van der Waals surface area contributed by atoms with E-state index in [0.717, 1.165) is 25.3 Å². The number of aromatic nitrogens is 3. The molecule has 0 N–H and O–H groups in total. The molecule has 0 spiro atoms. The quantitative estimate of drug-likeness (QED) is 0.610. The van der Waals surface area contributed by atoms with Crippen molar-refractivity contribution in [3.8, 4) is 5.88 Å². The third-order valence-electron chi connectivity index (χ3n) is 5.36. The van der Waals surface area contributed by atoms with Crippen LogP contribution in [0.25, 0.3) is 0 Å². The summed E-state index contributed by atoms with van der Waals surface area (Å²) in [5.74, 6) is 0.824. The minimum atomic E-state index is -4.45. The number of nitrogens with zero attached hydrogens (tertiary/aromatic N) is 4. The van der Waals surface area contributed by atoms with E-state index in [1.54, 1.807) is 6.92 Å². The molecule has 1 aliphatic heterocycles. The van der Waals surface area contributed by atoms with E-state index in [-0.39, 0.29) is 24.0 Å². The molecule has 2 aromatic heterocycles. The molecule has 1 aliphatic carbocycles. The average Bonchev–Trinajstić information content (AvgIpc) is 3.49. The van der Waals surface area contributed by atoms with Crippen molar-refractivity contribution in [2.24, 2.45) is 5.92 Å². The van der Waals surface area contributed by atoms with E-state index in [9.17, 15) is 18.0 Å². The number of alkyl halides is 3. The Morgan fingerprint density at radius 1 is 1.19 bits per heavy atom. The molecule has 0 bridgehead atoms. The fourth-order valence-electron chi connectivity index (χ4n) is 3.52. The van der Waals surface area contributed by atoms with Crippen LogP contribution in [-0.2, 0) is 10.9 Å². The summed E-state index contributed by atoms with van der Waals surface area (Å²) in [6.07, 6.45) is 1.11. The molecule has 0 aromatic carbocycles. The summed E-state index contributed by atoms with van der Waals surface area (Å²) in [7, 11) is 0. The van der Waals surface area contributed by atoms with E-state index in [1.165, 1.54) is 18.5 Å². The summed E-state index contributed by atoms with van der Waals surface area (Å²) in [5.41, 5.74) is -0.0640. The summed E-state index contributed by atoms with van der Waals surface area (Å²) in [6, 6.07) is 2.43. The van der Waals surface area contributed by atoms with Crippen molar-refractivity contribution in [3.63, 3.8) is 0 Å². The highest BCUT2D eigenvalue weighted by molar-refractivity contribution is 5.91. The maximum atomic E-state index is 12.7. The van der Waals surface area contributed by atoms with Crippen LogP contribution in [0.15, 0.2) is 24.5 Å². The third kappa shape index (κ3) is 5.05. The van der Waals surface area contributed by atoms with Crippen molar-refractivity contribution >= 4 is 11.7 Å². The SMILES string of the molecule is CCOC(=O)c1cnc(C2CC2)nc1OC[C@H]1CCN(c2ccc(C(F)(F)F)nc2)C1. The predicted molar refractivity (Wildman–Crippen MR) is 105 cm³/mol. The molecule has 10 heteroatoms. The minimum Gasteiger partial charge on any atom is -0.477 e. The van der Waals surface area contributed by atoms with Crippen LogP contribution in [0, 0.1) is 5.92 Å². The molecule has 1 atom stereocenters. The van der Waals surface area contributed by atoms with Crippen molar-refractivity contribution in [2.45, 2.75) is 38.3 Å². The van der Waals surface area contributed by atoms with E-state index >= 15 is 0 Å². The average molecular weight is 436 g/mol. The maximum absolute atomic E-state index is 12.7. The predicted octanol–water partition coefficient (Wildman–Crippen LogP) is 3.85. The number of rotatable bonds is 7. The van der Waals surface area contributed by atoms with Gasteiger partial charge in [0.1, 0.15) is 17.1 Å². The standard InChI is InChI=1S/C21H23F3N4O3/c1-2-30-20(29)16-10-26-18(14-3-4-14)27-19(16)31-12-13-7-8-28(11-13)15-5-6-17(25-9-15)21(22,23)24/h5-6,9-10,13-14H,2-4,7-8,11-12H2,1H3/t13-/m0/s1. The molecule has 1 saturated carbocycles.